The second-order valence-corrected chi connectivity index (χ2v) is 4.59. The molecule has 2 aromatic heterocycles. The maximum atomic E-state index is 5.46. The average Bonchev–Trinajstić information content (AvgIpc) is 2.39. The highest BCUT2D eigenvalue weighted by molar-refractivity contribution is 7.71. The zero-order valence-corrected chi connectivity index (χ0v) is 12.0. The average molecular weight is 275 g/mol. The molecule has 0 fully saturated rings. The van der Waals surface area contributed by atoms with E-state index in [-0.39, 0.29) is 0 Å². The Kier molecular flexibility index (Phi) is 4.63. The highest BCUT2D eigenvalue weighted by atomic mass is 32.1. The van der Waals surface area contributed by atoms with Gasteiger partial charge in [0.25, 0.3) is 0 Å². The molecule has 0 aliphatic carbocycles. The van der Waals surface area contributed by atoms with Crippen LogP contribution in [0, 0.1) is 4.64 Å². The number of aromatic nitrogens is 3. The maximum Gasteiger partial charge on any atom is 0.138 e. The number of pyridine rings is 1. The predicted octanol–water partition coefficient (Wildman–Crippen LogP) is 3.55. The van der Waals surface area contributed by atoms with Gasteiger partial charge in [-0.1, -0.05) is 19.1 Å². The van der Waals surface area contributed by atoms with Gasteiger partial charge in [0.15, 0.2) is 0 Å². The topological polar surface area (TPSA) is 50.8 Å². The molecule has 0 bridgehead atoms. The van der Waals surface area contributed by atoms with Crippen molar-refractivity contribution in [3.05, 3.63) is 35.0 Å². The predicted molar refractivity (Wildman–Crippen MR) is 77.8 cm³/mol. The Hall–Kier alpha value is -1.75. The number of nitrogens with one attached hydrogen (secondary N) is 1. The SMILES string of the molecule is CCCc1nc(=S)cc(-c2cncc(OCC)c2)[nH]1. The van der Waals surface area contributed by atoms with E-state index in [1.165, 1.54) is 0 Å². The van der Waals surface area contributed by atoms with E-state index in [2.05, 4.69) is 21.9 Å². The number of hydrogen-bond acceptors (Lipinski definition) is 4. The van der Waals surface area contributed by atoms with Crippen LogP contribution < -0.4 is 4.74 Å². The van der Waals surface area contributed by atoms with E-state index >= 15 is 0 Å². The van der Waals surface area contributed by atoms with Crippen LogP contribution in [0.4, 0.5) is 0 Å². The van der Waals surface area contributed by atoms with Gasteiger partial charge >= 0.3 is 0 Å². The number of hydrogen-bond donors (Lipinski definition) is 1. The third-order valence-corrected chi connectivity index (χ3v) is 2.82. The number of ether oxygens (including phenoxy) is 1. The smallest absolute Gasteiger partial charge is 0.138 e. The number of aryl methyl sites for hydroxylation is 1. The van der Waals surface area contributed by atoms with E-state index in [0.717, 1.165) is 35.7 Å². The zero-order valence-electron chi connectivity index (χ0n) is 11.1. The number of aromatic amines is 1. The summed E-state index contributed by atoms with van der Waals surface area (Å²) in [6.07, 6.45) is 5.41. The third kappa shape index (κ3) is 3.61. The van der Waals surface area contributed by atoms with Crippen molar-refractivity contribution in [2.24, 2.45) is 0 Å². The van der Waals surface area contributed by atoms with E-state index in [1.54, 1.807) is 12.4 Å². The lowest BCUT2D eigenvalue weighted by molar-refractivity contribution is 0.339. The molecule has 2 rings (SSSR count). The fourth-order valence-corrected chi connectivity index (χ4v) is 2.06. The molecule has 100 valence electrons. The van der Waals surface area contributed by atoms with Gasteiger partial charge in [-0.25, -0.2) is 4.98 Å². The fraction of sp³-hybridized carbons (Fsp3) is 0.357. The van der Waals surface area contributed by atoms with E-state index in [4.69, 9.17) is 17.0 Å². The van der Waals surface area contributed by atoms with Crippen LogP contribution in [0.3, 0.4) is 0 Å². The van der Waals surface area contributed by atoms with Gasteiger partial charge in [-0.05, 0) is 25.5 Å². The summed E-state index contributed by atoms with van der Waals surface area (Å²) in [6.45, 7) is 4.69. The van der Waals surface area contributed by atoms with Crippen molar-refractivity contribution in [2.45, 2.75) is 26.7 Å². The summed E-state index contributed by atoms with van der Waals surface area (Å²) in [5.74, 6) is 1.67. The minimum absolute atomic E-state index is 0.596. The molecule has 4 nitrogen and oxygen atoms in total. The molecule has 0 aromatic carbocycles. The van der Waals surface area contributed by atoms with Crippen LogP contribution in [-0.4, -0.2) is 21.6 Å². The normalized spacial score (nSPS) is 10.4. The quantitative estimate of drug-likeness (QED) is 0.848. The molecule has 19 heavy (non-hydrogen) atoms. The molecule has 2 heterocycles. The summed E-state index contributed by atoms with van der Waals surface area (Å²) < 4.78 is 6.05. The van der Waals surface area contributed by atoms with Gasteiger partial charge in [0.1, 0.15) is 16.2 Å². The van der Waals surface area contributed by atoms with Gasteiger partial charge in [-0.15, -0.1) is 0 Å². The summed E-state index contributed by atoms with van der Waals surface area (Å²) in [5.41, 5.74) is 1.88. The summed E-state index contributed by atoms with van der Waals surface area (Å²) in [7, 11) is 0. The van der Waals surface area contributed by atoms with Crippen LogP contribution in [-0.2, 0) is 6.42 Å². The minimum Gasteiger partial charge on any atom is -0.492 e. The highest BCUT2D eigenvalue weighted by Gasteiger charge is 2.04. The molecule has 0 spiro atoms. The highest BCUT2D eigenvalue weighted by Crippen LogP contribution is 2.21. The van der Waals surface area contributed by atoms with Crippen LogP contribution in [0.5, 0.6) is 5.75 Å². The Morgan fingerprint density at radius 1 is 1.26 bits per heavy atom. The number of rotatable bonds is 5. The molecule has 0 aliphatic rings. The van der Waals surface area contributed by atoms with Gasteiger partial charge in [0, 0.05) is 18.2 Å². The Morgan fingerprint density at radius 2 is 2.11 bits per heavy atom. The van der Waals surface area contributed by atoms with Crippen molar-refractivity contribution >= 4 is 12.2 Å². The number of H-pyrrole nitrogens is 1. The molecular weight excluding hydrogens is 258 g/mol. The molecular formula is C14H17N3OS. The summed E-state index contributed by atoms with van der Waals surface area (Å²) in [6, 6.07) is 3.80. The molecule has 0 radical (unpaired) electrons. The van der Waals surface area contributed by atoms with Gasteiger partial charge in [0.2, 0.25) is 0 Å². The first-order valence-corrected chi connectivity index (χ1v) is 6.82. The molecule has 0 aliphatic heterocycles. The molecule has 0 unspecified atom stereocenters. The Bertz CT molecular complexity index is 610. The number of nitrogens with zero attached hydrogens (tertiary/aromatic N) is 2. The van der Waals surface area contributed by atoms with Crippen LogP contribution in [0.15, 0.2) is 24.5 Å². The van der Waals surface area contributed by atoms with Crippen LogP contribution in [0.2, 0.25) is 0 Å². The lowest BCUT2D eigenvalue weighted by Crippen LogP contribution is -1.98. The van der Waals surface area contributed by atoms with Crippen molar-refractivity contribution in [1.29, 1.82) is 0 Å². The Balaban J connectivity index is 2.40. The molecule has 1 N–H and O–H groups in total. The van der Waals surface area contributed by atoms with E-state index in [9.17, 15) is 0 Å². The Morgan fingerprint density at radius 3 is 2.84 bits per heavy atom. The lowest BCUT2D eigenvalue weighted by atomic mass is 10.2. The molecule has 5 heteroatoms. The summed E-state index contributed by atoms with van der Waals surface area (Å²) in [4.78, 5) is 11.8. The van der Waals surface area contributed by atoms with Crippen LogP contribution >= 0.6 is 12.2 Å². The van der Waals surface area contributed by atoms with Crippen molar-refractivity contribution < 1.29 is 4.74 Å². The first kappa shape index (κ1) is 13.7. The molecule has 0 amide bonds. The van der Waals surface area contributed by atoms with Gasteiger partial charge in [-0.3, -0.25) is 4.98 Å². The van der Waals surface area contributed by atoms with Crippen LogP contribution in [0.25, 0.3) is 11.3 Å². The van der Waals surface area contributed by atoms with E-state index < -0.39 is 0 Å². The van der Waals surface area contributed by atoms with E-state index in [0.29, 0.717) is 11.2 Å². The third-order valence-electron chi connectivity index (χ3n) is 2.61. The maximum absolute atomic E-state index is 5.46. The van der Waals surface area contributed by atoms with E-state index in [1.807, 2.05) is 19.1 Å². The Labute approximate surface area is 117 Å². The second kappa shape index (κ2) is 6.43. The minimum atomic E-state index is 0.596. The first-order valence-electron chi connectivity index (χ1n) is 6.41. The summed E-state index contributed by atoms with van der Waals surface area (Å²) in [5, 5.41) is 0. The largest absolute Gasteiger partial charge is 0.492 e. The summed E-state index contributed by atoms with van der Waals surface area (Å²) >= 11 is 5.20. The fourth-order valence-electron chi connectivity index (χ4n) is 1.83. The molecule has 0 saturated carbocycles. The second-order valence-electron chi connectivity index (χ2n) is 4.17. The molecule has 0 atom stereocenters. The molecule has 2 aromatic rings. The first-order chi connectivity index (χ1) is 9.22. The monoisotopic (exact) mass is 275 g/mol. The van der Waals surface area contributed by atoms with Crippen LogP contribution in [0.1, 0.15) is 26.1 Å². The lowest BCUT2D eigenvalue weighted by Gasteiger charge is -2.07. The standard InChI is InChI=1S/C14H17N3OS/c1-3-5-13-16-12(7-14(19)17-13)10-6-11(18-4-2)9-15-8-10/h6-9H,3-5H2,1-2H3,(H,16,17,19). The molecule has 0 saturated heterocycles. The zero-order chi connectivity index (χ0) is 13.7. The van der Waals surface area contributed by atoms with Crippen molar-refractivity contribution in [3.8, 4) is 17.0 Å². The van der Waals surface area contributed by atoms with Crippen molar-refractivity contribution in [3.63, 3.8) is 0 Å². The van der Waals surface area contributed by atoms with Crippen molar-refractivity contribution in [2.75, 3.05) is 6.61 Å². The van der Waals surface area contributed by atoms with Gasteiger partial charge in [-0.2, -0.15) is 0 Å². The van der Waals surface area contributed by atoms with Crippen molar-refractivity contribution in [1.82, 2.24) is 15.0 Å². The van der Waals surface area contributed by atoms with Gasteiger partial charge in [0.05, 0.1) is 18.5 Å². The van der Waals surface area contributed by atoms with Gasteiger partial charge < -0.3 is 9.72 Å².